The third kappa shape index (κ3) is 5.55. The maximum Gasteiger partial charge on any atom is 0.251 e. The van der Waals surface area contributed by atoms with Crippen LogP contribution in [0.4, 0.5) is 0 Å². The number of hydrogen-bond donors (Lipinski definition) is 3. The Balaban J connectivity index is 2.53. The normalized spacial score (nSPS) is 9.60. The number of aliphatic hydroxyl groups excluding tert-OH is 1. The number of benzene rings is 1. The fourth-order valence-electron chi connectivity index (χ4n) is 1.48. The summed E-state index contributed by atoms with van der Waals surface area (Å²) >= 11 is 0. The van der Waals surface area contributed by atoms with Crippen molar-refractivity contribution in [3.8, 4) is 11.8 Å². The zero-order valence-corrected chi connectivity index (χ0v) is 11.6. The predicted octanol–water partition coefficient (Wildman–Crippen LogP) is 0.285. The molecule has 0 saturated carbocycles. The number of aliphatic hydroxyl groups is 1. The number of nitrogens with one attached hydrogen (secondary N) is 2. The third-order valence-electron chi connectivity index (χ3n) is 2.32. The SMILES string of the molecule is CC(C)NC(=O)CNC(=O)c1ccc(C#CCO)cc1. The summed E-state index contributed by atoms with van der Waals surface area (Å²) in [5.74, 6) is 4.72. The summed E-state index contributed by atoms with van der Waals surface area (Å²) in [6.45, 7) is 3.45. The van der Waals surface area contributed by atoms with E-state index in [0.29, 0.717) is 11.1 Å². The van der Waals surface area contributed by atoms with Gasteiger partial charge in [-0.25, -0.2) is 0 Å². The summed E-state index contributed by atoms with van der Waals surface area (Å²) in [5, 5.41) is 13.8. The maximum absolute atomic E-state index is 11.8. The fourth-order valence-corrected chi connectivity index (χ4v) is 1.48. The summed E-state index contributed by atoms with van der Waals surface area (Å²) in [4.78, 5) is 23.2. The van der Waals surface area contributed by atoms with E-state index in [9.17, 15) is 9.59 Å². The molecule has 0 aliphatic rings. The quantitative estimate of drug-likeness (QED) is 0.690. The molecule has 0 aliphatic carbocycles. The van der Waals surface area contributed by atoms with Crippen LogP contribution in [0.15, 0.2) is 24.3 Å². The van der Waals surface area contributed by atoms with Crippen molar-refractivity contribution in [1.82, 2.24) is 10.6 Å². The minimum absolute atomic E-state index is 0.0452. The van der Waals surface area contributed by atoms with Crippen molar-refractivity contribution in [3.63, 3.8) is 0 Å². The Hall–Kier alpha value is -2.32. The summed E-state index contributed by atoms with van der Waals surface area (Å²) in [6.07, 6.45) is 0. The highest BCUT2D eigenvalue weighted by atomic mass is 16.2. The van der Waals surface area contributed by atoms with Crippen LogP contribution in [0.2, 0.25) is 0 Å². The summed E-state index contributed by atoms with van der Waals surface area (Å²) in [6, 6.07) is 6.66. The van der Waals surface area contributed by atoms with E-state index in [-0.39, 0.29) is 31.0 Å². The molecule has 1 aromatic carbocycles. The average molecular weight is 274 g/mol. The smallest absolute Gasteiger partial charge is 0.251 e. The van der Waals surface area contributed by atoms with Gasteiger partial charge in [0.1, 0.15) is 6.61 Å². The highest BCUT2D eigenvalue weighted by molar-refractivity contribution is 5.96. The Labute approximate surface area is 118 Å². The molecular formula is C15H18N2O3. The summed E-state index contributed by atoms with van der Waals surface area (Å²) < 4.78 is 0. The van der Waals surface area contributed by atoms with Crippen LogP contribution >= 0.6 is 0 Å². The number of rotatable bonds is 4. The Morgan fingerprint density at radius 2 is 1.90 bits per heavy atom. The number of hydrogen-bond acceptors (Lipinski definition) is 3. The van der Waals surface area contributed by atoms with E-state index in [1.807, 2.05) is 13.8 Å². The second kappa shape index (κ2) is 7.97. The van der Waals surface area contributed by atoms with E-state index in [4.69, 9.17) is 5.11 Å². The van der Waals surface area contributed by atoms with Gasteiger partial charge in [-0.3, -0.25) is 9.59 Å². The van der Waals surface area contributed by atoms with E-state index in [1.165, 1.54) is 0 Å². The van der Waals surface area contributed by atoms with E-state index in [1.54, 1.807) is 24.3 Å². The molecule has 0 radical (unpaired) electrons. The molecule has 0 heterocycles. The Morgan fingerprint density at radius 1 is 1.25 bits per heavy atom. The Morgan fingerprint density at radius 3 is 2.45 bits per heavy atom. The lowest BCUT2D eigenvalue weighted by molar-refractivity contribution is -0.120. The zero-order valence-electron chi connectivity index (χ0n) is 11.6. The molecule has 0 atom stereocenters. The highest BCUT2D eigenvalue weighted by Crippen LogP contribution is 2.03. The van der Waals surface area contributed by atoms with E-state index < -0.39 is 0 Å². The number of amides is 2. The molecule has 0 fully saturated rings. The Bertz CT molecular complexity index is 524. The second-order valence-corrected chi connectivity index (χ2v) is 4.44. The summed E-state index contributed by atoms with van der Waals surface area (Å²) in [7, 11) is 0. The standard InChI is InChI=1S/C15H18N2O3/c1-11(2)17-14(19)10-16-15(20)13-7-5-12(6-8-13)4-3-9-18/h5-8,11,18H,9-10H2,1-2H3,(H,16,20)(H,17,19). The van der Waals surface area contributed by atoms with Gasteiger partial charge in [-0.05, 0) is 38.1 Å². The average Bonchev–Trinajstić information content (AvgIpc) is 2.42. The van der Waals surface area contributed by atoms with E-state index >= 15 is 0 Å². The molecule has 106 valence electrons. The topological polar surface area (TPSA) is 78.4 Å². The van der Waals surface area contributed by atoms with Gasteiger partial charge in [-0.15, -0.1) is 0 Å². The first kappa shape index (κ1) is 15.7. The van der Waals surface area contributed by atoms with Gasteiger partial charge in [0.15, 0.2) is 0 Å². The monoisotopic (exact) mass is 274 g/mol. The van der Waals surface area contributed by atoms with Gasteiger partial charge >= 0.3 is 0 Å². The summed E-state index contributed by atoms with van der Waals surface area (Å²) in [5.41, 5.74) is 1.17. The van der Waals surface area contributed by atoms with Crippen molar-refractivity contribution in [3.05, 3.63) is 35.4 Å². The van der Waals surface area contributed by atoms with Crippen LogP contribution in [0.3, 0.4) is 0 Å². The first-order chi connectivity index (χ1) is 9.52. The molecule has 0 saturated heterocycles. The van der Waals surface area contributed by atoms with Crippen molar-refractivity contribution in [2.45, 2.75) is 19.9 Å². The number of carbonyl (C=O) groups is 2. The van der Waals surface area contributed by atoms with Crippen LogP contribution in [-0.2, 0) is 4.79 Å². The molecule has 5 heteroatoms. The first-order valence-corrected chi connectivity index (χ1v) is 6.30. The van der Waals surface area contributed by atoms with Crippen LogP contribution in [-0.4, -0.2) is 36.1 Å². The van der Waals surface area contributed by atoms with Crippen molar-refractivity contribution >= 4 is 11.8 Å². The van der Waals surface area contributed by atoms with Crippen LogP contribution in [0.1, 0.15) is 29.8 Å². The van der Waals surface area contributed by atoms with Crippen LogP contribution in [0.5, 0.6) is 0 Å². The third-order valence-corrected chi connectivity index (χ3v) is 2.32. The zero-order chi connectivity index (χ0) is 15.0. The molecule has 0 aliphatic heterocycles. The van der Waals surface area contributed by atoms with Crippen LogP contribution in [0, 0.1) is 11.8 Å². The highest BCUT2D eigenvalue weighted by Gasteiger charge is 2.08. The van der Waals surface area contributed by atoms with Crippen LogP contribution < -0.4 is 10.6 Å². The van der Waals surface area contributed by atoms with Crippen molar-refractivity contribution in [2.75, 3.05) is 13.2 Å². The lowest BCUT2D eigenvalue weighted by atomic mass is 10.1. The second-order valence-electron chi connectivity index (χ2n) is 4.44. The largest absolute Gasteiger partial charge is 0.384 e. The minimum atomic E-state index is -0.314. The van der Waals surface area contributed by atoms with Crippen molar-refractivity contribution < 1.29 is 14.7 Å². The van der Waals surface area contributed by atoms with Crippen molar-refractivity contribution in [1.29, 1.82) is 0 Å². The van der Waals surface area contributed by atoms with Gasteiger partial charge in [0, 0.05) is 17.2 Å². The van der Waals surface area contributed by atoms with Crippen LogP contribution in [0.25, 0.3) is 0 Å². The van der Waals surface area contributed by atoms with Gasteiger partial charge in [0.25, 0.3) is 5.91 Å². The molecule has 3 N–H and O–H groups in total. The van der Waals surface area contributed by atoms with Gasteiger partial charge in [0.05, 0.1) is 6.54 Å². The fraction of sp³-hybridized carbons (Fsp3) is 0.333. The van der Waals surface area contributed by atoms with Gasteiger partial charge in [0.2, 0.25) is 5.91 Å². The number of carbonyl (C=O) groups excluding carboxylic acids is 2. The lowest BCUT2D eigenvalue weighted by Crippen LogP contribution is -2.39. The van der Waals surface area contributed by atoms with Gasteiger partial charge in [-0.2, -0.15) is 0 Å². The van der Waals surface area contributed by atoms with Gasteiger partial charge < -0.3 is 15.7 Å². The molecule has 2 amide bonds. The minimum Gasteiger partial charge on any atom is -0.384 e. The maximum atomic E-state index is 11.8. The molecule has 0 spiro atoms. The van der Waals surface area contributed by atoms with Crippen molar-refractivity contribution in [2.24, 2.45) is 0 Å². The molecule has 1 rings (SSSR count). The lowest BCUT2D eigenvalue weighted by Gasteiger charge is -2.09. The Kier molecular flexibility index (Phi) is 6.27. The molecule has 1 aromatic rings. The molecular weight excluding hydrogens is 256 g/mol. The molecule has 20 heavy (non-hydrogen) atoms. The first-order valence-electron chi connectivity index (χ1n) is 6.30. The predicted molar refractivity (Wildman–Crippen MR) is 76.0 cm³/mol. The molecule has 0 unspecified atom stereocenters. The molecule has 0 aromatic heterocycles. The van der Waals surface area contributed by atoms with Gasteiger partial charge in [-0.1, -0.05) is 11.8 Å². The molecule has 0 bridgehead atoms. The van der Waals surface area contributed by atoms with E-state index in [0.717, 1.165) is 0 Å². The van der Waals surface area contributed by atoms with E-state index in [2.05, 4.69) is 22.5 Å². The molecule has 5 nitrogen and oxygen atoms in total.